The quantitative estimate of drug-likeness (QED) is 0.527. The first-order chi connectivity index (χ1) is 11.1. The zero-order valence-electron chi connectivity index (χ0n) is 12.7. The van der Waals surface area contributed by atoms with Crippen LogP contribution in [0.25, 0.3) is 11.0 Å². The van der Waals surface area contributed by atoms with Crippen LogP contribution in [0.15, 0.2) is 30.5 Å². The molecule has 0 aliphatic rings. The number of aryl methyl sites for hydroxylation is 1. The van der Waals surface area contributed by atoms with E-state index in [-0.39, 0.29) is 19.6 Å². The van der Waals surface area contributed by atoms with Crippen LogP contribution >= 0.6 is 0 Å². The summed E-state index contributed by atoms with van der Waals surface area (Å²) in [6.07, 6.45) is 2.15. The lowest BCUT2D eigenvalue weighted by Crippen LogP contribution is -2.41. The summed E-state index contributed by atoms with van der Waals surface area (Å²) in [4.78, 5) is 19.6. The first-order valence-corrected chi connectivity index (χ1v) is 7.56. The Hall–Kier alpha value is -2.09. The molecule has 0 aromatic carbocycles. The average Bonchev–Trinajstić information content (AvgIpc) is 2.56. The van der Waals surface area contributed by atoms with Crippen LogP contribution in [0.2, 0.25) is 0 Å². The molecule has 0 spiro atoms. The Morgan fingerprint density at radius 1 is 1.26 bits per heavy atom. The third-order valence-electron chi connectivity index (χ3n) is 3.57. The summed E-state index contributed by atoms with van der Waals surface area (Å²) in [5.74, 6) is -1.03. The number of carboxylic acid groups (broad SMARTS) is 1. The molecule has 0 saturated heterocycles. The van der Waals surface area contributed by atoms with Gasteiger partial charge in [-0.25, -0.2) is 9.97 Å². The average molecular weight is 319 g/mol. The highest BCUT2D eigenvalue weighted by atomic mass is 16.4. The van der Waals surface area contributed by atoms with E-state index in [1.807, 2.05) is 24.3 Å². The molecular weight excluding hydrogens is 298 g/mol. The van der Waals surface area contributed by atoms with Gasteiger partial charge < -0.3 is 20.6 Å². The number of aromatic nitrogens is 2. The maximum Gasteiger partial charge on any atom is 0.320 e. The highest BCUT2D eigenvalue weighted by Crippen LogP contribution is 2.11. The maximum absolute atomic E-state index is 10.9. The van der Waals surface area contributed by atoms with Crippen LogP contribution in [0.5, 0.6) is 0 Å². The molecule has 7 heteroatoms. The Morgan fingerprint density at radius 3 is 2.83 bits per heavy atom. The van der Waals surface area contributed by atoms with Crippen LogP contribution in [-0.2, 0) is 11.2 Å². The molecule has 4 N–H and O–H groups in total. The van der Waals surface area contributed by atoms with E-state index in [9.17, 15) is 9.90 Å². The molecule has 0 unspecified atom stereocenters. The van der Waals surface area contributed by atoms with Crippen LogP contribution in [0, 0.1) is 0 Å². The lowest BCUT2D eigenvalue weighted by molar-refractivity contribution is -0.140. The van der Waals surface area contributed by atoms with Crippen molar-refractivity contribution in [2.75, 3.05) is 13.2 Å². The Balaban J connectivity index is 1.83. The fourth-order valence-electron chi connectivity index (χ4n) is 2.27. The second kappa shape index (κ2) is 8.52. The molecule has 2 heterocycles. The molecule has 0 fully saturated rings. The SMILES string of the molecule is O=C(O)[C@H](CCO)NC[C@@H](O)CCc1ccc2cccnc2n1. The van der Waals surface area contributed by atoms with Crippen LogP contribution in [0.3, 0.4) is 0 Å². The van der Waals surface area contributed by atoms with E-state index >= 15 is 0 Å². The molecule has 0 amide bonds. The highest BCUT2D eigenvalue weighted by molar-refractivity contribution is 5.74. The summed E-state index contributed by atoms with van der Waals surface area (Å²) in [7, 11) is 0. The molecule has 0 radical (unpaired) electrons. The molecule has 2 aromatic heterocycles. The number of aliphatic hydroxyl groups is 2. The van der Waals surface area contributed by atoms with Gasteiger partial charge in [-0.2, -0.15) is 0 Å². The summed E-state index contributed by atoms with van der Waals surface area (Å²) < 4.78 is 0. The van der Waals surface area contributed by atoms with Gasteiger partial charge in [0, 0.05) is 30.4 Å². The highest BCUT2D eigenvalue weighted by Gasteiger charge is 2.17. The molecule has 0 aliphatic carbocycles. The second-order valence-corrected chi connectivity index (χ2v) is 5.36. The van der Waals surface area contributed by atoms with Crippen LogP contribution in [0.1, 0.15) is 18.5 Å². The monoisotopic (exact) mass is 319 g/mol. The van der Waals surface area contributed by atoms with Crippen LogP contribution < -0.4 is 5.32 Å². The number of carbonyl (C=O) groups is 1. The molecule has 2 aromatic rings. The van der Waals surface area contributed by atoms with E-state index < -0.39 is 18.1 Å². The van der Waals surface area contributed by atoms with Crippen molar-refractivity contribution in [2.24, 2.45) is 0 Å². The van der Waals surface area contributed by atoms with E-state index in [0.717, 1.165) is 11.1 Å². The van der Waals surface area contributed by atoms with E-state index in [2.05, 4.69) is 15.3 Å². The Labute approximate surface area is 134 Å². The molecule has 0 saturated carbocycles. The molecule has 124 valence electrons. The van der Waals surface area contributed by atoms with Gasteiger partial charge in [-0.3, -0.25) is 4.79 Å². The number of aliphatic carboxylic acids is 1. The first kappa shape index (κ1) is 17.3. The van der Waals surface area contributed by atoms with E-state index in [0.29, 0.717) is 18.5 Å². The predicted molar refractivity (Wildman–Crippen MR) is 85.0 cm³/mol. The number of nitrogens with zero attached hydrogens (tertiary/aromatic N) is 2. The molecule has 2 atom stereocenters. The zero-order valence-corrected chi connectivity index (χ0v) is 12.7. The topological polar surface area (TPSA) is 116 Å². The van der Waals surface area contributed by atoms with Crippen molar-refractivity contribution in [3.05, 3.63) is 36.2 Å². The summed E-state index contributed by atoms with van der Waals surface area (Å²) >= 11 is 0. The third kappa shape index (κ3) is 5.24. The van der Waals surface area contributed by atoms with E-state index in [1.165, 1.54) is 0 Å². The number of hydrogen-bond acceptors (Lipinski definition) is 6. The van der Waals surface area contributed by atoms with Crippen molar-refractivity contribution in [3.63, 3.8) is 0 Å². The van der Waals surface area contributed by atoms with Gasteiger partial charge in [0.05, 0.1) is 6.10 Å². The normalized spacial score (nSPS) is 13.8. The second-order valence-electron chi connectivity index (χ2n) is 5.36. The van der Waals surface area contributed by atoms with Gasteiger partial charge >= 0.3 is 5.97 Å². The van der Waals surface area contributed by atoms with Crippen molar-refractivity contribution >= 4 is 17.0 Å². The smallest absolute Gasteiger partial charge is 0.320 e. The van der Waals surface area contributed by atoms with Crippen molar-refractivity contribution < 1.29 is 20.1 Å². The number of pyridine rings is 2. The Bertz CT molecular complexity index is 650. The largest absolute Gasteiger partial charge is 0.480 e. The summed E-state index contributed by atoms with van der Waals surface area (Å²) in [5, 5.41) is 31.4. The van der Waals surface area contributed by atoms with Crippen LogP contribution in [0.4, 0.5) is 0 Å². The van der Waals surface area contributed by atoms with Gasteiger partial charge in [-0.1, -0.05) is 0 Å². The van der Waals surface area contributed by atoms with Crippen molar-refractivity contribution in [2.45, 2.75) is 31.4 Å². The van der Waals surface area contributed by atoms with Crippen molar-refractivity contribution in [3.8, 4) is 0 Å². The van der Waals surface area contributed by atoms with Gasteiger partial charge in [-0.15, -0.1) is 0 Å². The zero-order chi connectivity index (χ0) is 16.7. The Kier molecular flexibility index (Phi) is 6.40. The minimum absolute atomic E-state index is 0.111. The maximum atomic E-state index is 10.9. The predicted octanol–water partition coefficient (Wildman–Crippen LogP) is 0.348. The molecule has 2 rings (SSSR count). The van der Waals surface area contributed by atoms with Gasteiger partial charge in [0.15, 0.2) is 5.65 Å². The fourth-order valence-corrected chi connectivity index (χ4v) is 2.27. The molecular formula is C16H21N3O4. The minimum atomic E-state index is -1.03. The number of fused-ring (bicyclic) bond motifs is 1. The fraction of sp³-hybridized carbons (Fsp3) is 0.438. The third-order valence-corrected chi connectivity index (χ3v) is 3.57. The first-order valence-electron chi connectivity index (χ1n) is 7.56. The molecule has 7 nitrogen and oxygen atoms in total. The minimum Gasteiger partial charge on any atom is -0.480 e. The number of aliphatic hydroxyl groups excluding tert-OH is 2. The van der Waals surface area contributed by atoms with Gasteiger partial charge in [0.1, 0.15) is 6.04 Å². The van der Waals surface area contributed by atoms with Crippen LogP contribution in [-0.4, -0.2) is 56.6 Å². The number of carboxylic acids is 1. The number of nitrogens with one attached hydrogen (secondary N) is 1. The standard InChI is InChI=1S/C16H21N3O4/c20-9-7-14(16(22)23)18-10-13(21)6-5-12-4-3-11-2-1-8-17-15(11)19-12/h1-4,8,13-14,18,20-21H,5-7,9-10H2,(H,22,23)/t13-,14-/m0/s1. The summed E-state index contributed by atoms with van der Waals surface area (Å²) in [5.41, 5.74) is 1.51. The molecule has 0 bridgehead atoms. The van der Waals surface area contributed by atoms with Gasteiger partial charge in [0.2, 0.25) is 0 Å². The lowest BCUT2D eigenvalue weighted by atomic mass is 10.1. The van der Waals surface area contributed by atoms with E-state index in [4.69, 9.17) is 10.2 Å². The summed E-state index contributed by atoms with van der Waals surface area (Å²) in [6, 6.07) is 6.78. The lowest BCUT2D eigenvalue weighted by Gasteiger charge is -2.16. The van der Waals surface area contributed by atoms with Gasteiger partial charge in [-0.05, 0) is 43.5 Å². The van der Waals surface area contributed by atoms with Crippen molar-refractivity contribution in [1.29, 1.82) is 0 Å². The number of hydrogen-bond donors (Lipinski definition) is 4. The molecule has 23 heavy (non-hydrogen) atoms. The van der Waals surface area contributed by atoms with Gasteiger partial charge in [0.25, 0.3) is 0 Å². The van der Waals surface area contributed by atoms with Crippen molar-refractivity contribution in [1.82, 2.24) is 15.3 Å². The summed E-state index contributed by atoms with van der Waals surface area (Å²) in [6.45, 7) is -0.0587. The molecule has 0 aliphatic heterocycles. The number of rotatable bonds is 9. The Morgan fingerprint density at radius 2 is 2.09 bits per heavy atom. The van der Waals surface area contributed by atoms with E-state index in [1.54, 1.807) is 6.20 Å².